The zero-order chi connectivity index (χ0) is 26.7. The number of pyridine rings is 1. The average molecular weight is 533 g/mol. The quantitative estimate of drug-likeness (QED) is 0.539. The molecule has 5 rings (SSSR count). The van der Waals surface area contributed by atoms with Gasteiger partial charge in [0.2, 0.25) is 5.91 Å². The number of ether oxygens (including phenoxy) is 1. The molecule has 0 unspecified atom stereocenters. The first-order chi connectivity index (χ1) is 18.4. The van der Waals surface area contributed by atoms with E-state index in [9.17, 15) is 14.4 Å². The van der Waals surface area contributed by atoms with Crippen LogP contribution in [0.2, 0.25) is 5.02 Å². The van der Waals surface area contributed by atoms with Crippen molar-refractivity contribution in [2.45, 2.75) is 38.1 Å². The number of aryl methyl sites for hydroxylation is 1. The third-order valence-corrected chi connectivity index (χ3v) is 7.47. The molecule has 1 N–H and O–H groups in total. The Labute approximate surface area is 226 Å². The molecule has 196 valence electrons. The number of hydrogen-bond donors (Lipinski definition) is 1. The maximum atomic E-state index is 14.0. The molecular weight excluding hydrogens is 504 g/mol. The van der Waals surface area contributed by atoms with E-state index < -0.39 is 11.8 Å². The van der Waals surface area contributed by atoms with Crippen LogP contribution in [0.3, 0.4) is 0 Å². The van der Waals surface area contributed by atoms with E-state index >= 15 is 0 Å². The van der Waals surface area contributed by atoms with Gasteiger partial charge in [-0.25, -0.2) is 0 Å². The van der Waals surface area contributed by atoms with Crippen LogP contribution < -0.4 is 5.32 Å². The van der Waals surface area contributed by atoms with Crippen molar-refractivity contribution in [1.82, 2.24) is 20.1 Å². The number of rotatable bonds is 5. The maximum absolute atomic E-state index is 14.0. The van der Waals surface area contributed by atoms with Gasteiger partial charge in [0.1, 0.15) is 11.8 Å². The van der Waals surface area contributed by atoms with E-state index in [0.29, 0.717) is 42.1 Å². The van der Waals surface area contributed by atoms with Gasteiger partial charge in [0.05, 0.1) is 18.8 Å². The highest BCUT2D eigenvalue weighted by Gasteiger charge is 2.54. The molecule has 3 amide bonds. The number of carbonyl (C=O) groups excluding carboxylic acids is 3. The maximum Gasteiger partial charge on any atom is 0.257 e. The number of nitrogens with zero attached hydrogens (tertiary/aromatic N) is 3. The van der Waals surface area contributed by atoms with E-state index in [1.165, 1.54) is 0 Å². The van der Waals surface area contributed by atoms with Gasteiger partial charge in [-0.2, -0.15) is 0 Å². The van der Waals surface area contributed by atoms with Crippen molar-refractivity contribution in [3.63, 3.8) is 0 Å². The molecule has 1 atom stereocenters. The fourth-order valence-corrected chi connectivity index (χ4v) is 5.36. The Morgan fingerprint density at radius 3 is 2.50 bits per heavy atom. The van der Waals surface area contributed by atoms with Gasteiger partial charge in [-0.3, -0.25) is 24.3 Å². The number of aromatic nitrogens is 1. The minimum Gasteiger partial charge on any atom is -0.353 e. The van der Waals surface area contributed by atoms with Gasteiger partial charge in [-0.15, -0.1) is 0 Å². The zero-order valence-electron chi connectivity index (χ0n) is 21.1. The number of nitrogens with one attached hydrogen (secondary N) is 1. The smallest absolute Gasteiger partial charge is 0.257 e. The highest BCUT2D eigenvalue weighted by molar-refractivity contribution is 6.30. The predicted molar refractivity (Wildman–Crippen MR) is 142 cm³/mol. The number of amides is 3. The number of likely N-dealkylation sites (tertiary alicyclic amines) is 1. The largest absolute Gasteiger partial charge is 0.353 e. The van der Waals surface area contributed by atoms with Gasteiger partial charge in [-0.1, -0.05) is 41.9 Å². The lowest BCUT2D eigenvalue weighted by Gasteiger charge is -2.44. The average Bonchev–Trinajstić information content (AvgIpc) is 3.30. The highest BCUT2D eigenvalue weighted by Crippen LogP contribution is 2.39. The summed E-state index contributed by atoms with van der Waals surface area (Å²) in [4.78, 5) is 48.0. The Hall–Kier alpha value is -3.75. The molecule has 0 bridgehead atoms. The van der Waals surface area contributed by atoms with Crippen molar-refractivity contribution >= 4 is 29.3 Å². The molecule has 0 saturated carbocycles. The van der Waals surface area contributed by atoms with Gasteiger partial charge in [-0.05, 0) is 48.9 Å². The lowest BCUT2D eigenvalue weighted by molar-refractivity contribution is -0.128. The van der Waals surface area contributed by atoms with Crippen molar-refractivity contribution < 1.29 is 19.1 Å². The molecule has 1 aromatic heterocycles. The summed E-state index contributed by atoms with van der Waals surface area (Å²) in [6.07, 6.45) is 2.45. The molecule has 0 radical (unpaired) electrons. The summed E-state index contributed by atoms with van der Waals surface area (Å²) < 4.78 is 6.28. The minimum absolute atomic E-state index is 0.0773. The molecule has 2 aliphatic rings. The minimum atomic E-state index is -0.989. The van der Waals surface area contributed by atoms with Crippen LogP contribution in [0.1, 0.15) is 44.8 Å². The number of halogens is 1. The second-order valence-corrected chi connectivity index (χ2v) is 10.0. The van der Waals surface area contributed by atoms with E-state index in [2.05, 4.69) is 10.3 Å². The van der Waals surface area contributed by atoms with Gasteiger partial charge < -0.3 is 15.0 Å². The van der Waals surface area contributed by atoms with Crippen molar-refractivity contribution in [3.8, 4) is 0 Å². The number of hydrogen-bond acceptors (Lipinski definition) is 5. The number of piperidine rings is 1. The molecule has 3 aromatic rings. The Balaban J connectivity index is 1.37. The van der Waals surface area contributed by atoms with Gasteiger partial charge >= 0.3 is 0 Å². The van der Waals surface area contributed by atoms with E-state index in [4.69, 9.17) is 16.3 Å². The first-order valence-corrected chi connectivity index (χ1v) is 13.0. The second-order valence-electron chi connectivity index (χ2n) is 9.60. The van der Waals surface area contributed by atoms with Crippen LogP contribution in [-0.4, -0.2) is 64.0 Å². The molecule has 3 heterocycles. The summed E-state index contributed by atoms with van der Waals surface area (Å²) in [6, 6.07) is 18.9. The third kappa shape index (κ3) is 5.14. The van der Waals surface area contributed by atoms with Crippen LogP contribution >= 0.6 is 11.6 Å². The second kappa shape index (κ2) is 10.9. The summed E-state index contributed by atoms with van der Waals surface area (Å²) in [5.41, 5.74) is 1.59. The SMILES string of the molecule is Cc1ccccc1C(=O)N1[C@@H](C(=O)NCc2ccccn2)COC12CCN(C(=O)c1cccc(Cl)c1)CC2. The third-order valence-electron chi connectivity index (χ3n) is 7.23. The first kappa shape index (κ1) is 25.9. The van der Waals surface area contributed by atoms with Crippen LogP contribution in [0.25, 0.3) is 0 Å². The van der Waals surface area contributed by atoms with Crippen LogP contribution in [-0.2, 0) is 16.1 Å². The van der Waals surface area contributed by atoms with Crippen LogP contribution in [0.15, 0.2) is 72.9 Å². The molecule has 2 saturated heterocycles. The van der Waals surface area contributed by atoms with E-state index in [0.717, 1.165) is 11.3 Å². The molecule has 8 nitrogen and oxygen atoms in total. The van der Waals surface area contributed by atoms with Crippen LogP contribution in [0, 0.1) is 6.92 Å². The standard InChI is InChI=1S/C29H29ClN4O4/c1-20-7-2-3-11-24(20)28(37)34-25(26(35)32-18-23-10-4-5-14-31-23)19-38-29(34)12-15-33(16-13-29)27(36)21-8-6-9-22(30)17-21/h2-11,14,17,25H,12-13,15-16,18-19H2,1H3,(H,32,35)/t25-/m1/s1. The number of carbonyl (C=O) groups is 3. The Morgan fingerprint density at radius 1 is 1.03 bits per heavy atom. The fraction of sp³-hybridized carbons (Fsp3) is 0.310. The Kier molecular flexibility index (Phi) is 7.44. The predicted octanol–water partition coefficient (Wildman–Crippen LogP) is 3.83. The molecule has 2 aliphatic heterocycles. The van der Waals surface area contributed by atoms with Crippen molar-refractivity contribution in [2.75, 3.05) is 19.7 Å². The lowest BCUT2D eigenvalue weighted by atomic mass is 9.95. The van der Waals surface area contributed by atoms with Gasteiger partial charge in [0, 0.05) is 48.3 Å². The molecule has 38 heavy (non-hydrogen) atoms. The van der Waals surface area contributed by atoms with Crippen molar-refractivity contribution in [2.24, 2.45) is 0 Å². The van der Waals surface area contributed by atoms with Crippen LogP contribution in [0.5, 0.6) is 0 Å². The Morgan fingerprint density at radius 2 is 1.79 bits per heavy atom. The molecule has 2 fully saturated rings. The van der Waals surface area contributed by atoms with E-state index in [1.807, 2.05) is 43.3 Å². The Bertz CT molecular complexity index is 1340. The van der Waals surface area contributed by atoms with Gasteiger partial charge in [0.15, 0.2) is 0 Å². The molecule has 0 aliphatic carbocycles. The van der Waals surface area contributed by atoms with E-state index in [1.54, 1.807) is 46.3 Å². The summed E-state index contributed by atoms with van der Waals surface area (Å²) >= 11 is 6.09. The van der Waals surface area contributed by atoms with Crippen LogP contribution in [0.4, 0.5) is 0 Å². The topological polar surface area (TPSA) is 91.8 Å². The summed E-state index contributed by atoms with van der Waals surface area (Å²) in [5, 5.41) is 3.41. The fourth-order valence-electron chi connectivity index (χ4n) is 5.17. The van der Waals surface area contributed by atoms with Gasteiger partial charge in [0.25, 0.3) is 11.8 Å². The summed E-state index contributed by atoms with van der Waals surface area (Å²) in [5.74, 6) is -0.679. The van der Waals surface area contributed by atoms with Crippen molar-refractivity contribution in [3.05, 3.63) is 100 Å². The zero-order valence-corrected chi connectivity index (χ0v) is 21.9. The monoisotopic (exact) mass is 532 g/mol. The van der Waals surface area contributed by atoms with E-state index in [-0.39, 0.29) is 30.9 Å². The first-order valence-electron chi connectivity index (χ1n) is 12.6. The molecule has 2 aromatic carbocycles. The molecule has 1 spiro atoms. The molecular formula is C29H29ClN4O4. The van der Waals surface area contributed by atoms with Crippen molar-refractivity contribution in [1.29, 1.82) is 0 Å². The summed E-state index contributed by atoms with van der Waals surface area (Å²) in [6.45, 7) is 2.96. The number of benzene rings is 2. The molecule has 9 heteroatoms. The highest BCUT2D eigenvalue weighted by atomic mass is 35.5. The summed E-state index contributed by atoms with van der Waals surface area (Å²) in [7, 11) is 0. The lowest BCUT2D eigenvalue weighted by Crippen LogP contribution is -2.59. The normalized spacial score (nSPS) is 18.4.